The third kappa shape index (κ3) is 4.76. The fourth-order valence-corrected chi connectivity index (χ4v) is 3.16. The molecule has 3 aromatic carbocycles. The normalized spacial score (nSPS) is 12.0. The van der Waals surface area contributed by atoms with Gasteiger partial charge in [0, 0.05) is 10.7 Å². The Morgan fingerprint density at radius 3 is 1.96 bits per heavy atom. The van der Waals surface area contributed by atoms with Crippen molar-refractivity contribution < 1.29 is 4.79 Å². The summed E-state index contributed by atoms with van der Waals surface area (Å²) in [5.74, 6) is -0.0998. The zero-order valence-electron chi connectivity index (χ0n) is 15.4. The van der Waals surface area contributed by atoms with E-state index >= 15 is 0 Å². The fourth-order valence-electron chi connectivity index (χ4n) is 2.99. The van der Waals surface area contributed by atoms with Gasteiger partial charge < -0.3 is 5.32 Å². The molecule has 4 heteroatoms. The molecule has 27 heavy (non-hydrogen) atoms. The SMILES string of the molecule is Cc1c(Cl)cccc1NC(=O)[C@@H](C)NC(c1ccccc1)c1ccccc1. The van der Waals surface area contributed by atoms with Gasteiger partial charge in [-0.25, -0.2) is 0 Å². The van der Waals surface area contributed by atoms with E-state index in [0.29, 0.717) is 5.02 Å². The van der Waals surface area contributed by atoms with Crippen molar-refractivity contribution in [2.24, 2.45) is 0 Å². The number of carbonyl (C=O) groups is 1. The van der Waals surface area contributed by atoms with Crippen LogP contribution in [0, 0.1) is 6.92 Å². The van der Waals surface area contributed by atoms with E-state index in [2.05, 4.69) is 34.9 Å². The van der Waals surface area contributed by atoms with Crippen LogP contribution >= 0.6 is 11.6 Å². The number of hydrogen-bond donors (Lipinski definition) is 2. The zero-order chi connectivity index (χ0) is 19.2. The summed E-state index contributed by atoms with van der Waals surface area (Å²) in [7, 11) is 0. The second-order valence-electron chi connectivity index (χ2n) is 6.54. The van der Waals surface area contributed by atoms with Crippen LogP contribution < -0.4 is 10.6 Å². The molecule has 138 valence electrons. The summed E-state index contributed by atoms with van der Waals surface area (Å²) in [4.78, 5) is 12.8. The van der Waals surface area contributed by atoms with E-state index in [9.17, 15) is 4.79 Å². The van der Waals surface area contributed by atoms with Gasteiger partial charge in [-0.2, -0.15) is 0 Å². The van der Waals surface area contributed by atoms with Crippen molar-refractivity contribution in [3.8, 4) is 0 Å². The molecule has 0 aliphatic rings. The number of amides is 1. The Hall–Kier alpha value is -2.62. The predicted octanol–water partition coefficient (Wildman–Crippen LogP) is 5.35. The van der Waals surface area contributed by atoms with Crippen LogP contribution in [0.5, 0.6) is 0 Å². The van der Waals surface area contributed by atoms with Gasteiger partial charge in [-0.3, -0.25) is 10.1 Å². The monoisotopic (exact) mass is 378 g/mol. The van der Waals surface area contributed by atoms with Crippen molar-refractivity contribution in [2.45, 2.75) is 25.9 Å². The highest BCUT2D eigenvalue weighted by Crippen LogP contribution is 2.24. The molecule has 3 rings (SSSR count). The first-order chi connectivity index (χ1) is 13.1. The quantitative estimate of drug-likeness (QED) is 0.606. The average Bonchev–Trinajstić information content (AvgIpc) is 2.70. The molecule has 0 aromatic heterocycles. The van der Waals surface area contributed by atoms with Crippen LogP contribution in [-0.4, -0.2) is 11.9 Å². The van der Waals surface area contributed by atoms with Crippen molar-refractivity contribution in [1.29, 1.82) is 0 Å². The van der Waals surface area contributed by atoms with E-state index in [4.69, 9.17) is 11.6 Å². The highest BCUT2D eigenvalue weighted by Gasteiger charge is 2.21. The minimum Gasteiger partial charge on any atom is -0.324 e. The molecule has 3 aromatic rings. The highest BCUT2D eigenvalue weighted by atomic mass is 35.5. The van der Waals surface area contributed by atoms with E-state index in [1.165, 1.54) is 0 Å². The largest absolute Gasteiger partial charge is 0.324 e. The maximum atomic E-state index is 12.8. The minimum atomic E-state index is -0.395. The first-order valence-electron chi connectivity index (χ1n) is 8.98. The second-order valence-corrected chi connectivity index (χ2v) is 6.95. The molecule has 0 spiro atoms. The van der Waals surface area contributed by atoms with Crippen molar-refractivity contribution >= 4 is 23.2 Å². The van der Waals surface area contributed by atoms with Gasteiger partial charge in [0.2, 0.25) is 5.91 Å². The number of rotatable bonds is 6. The van der Waals surface area contributed by atoms with Gasteiger partial charge in [-0.15, -0.1) is 0 Å². The molecule has 0 unspecified atom stereocenters. The lowest BCUT2D eigenvalue weighted by molar-refractivity contribution is -0.117. The molecule has 0 fully saturated rings. The highest BCUT2D eigenvalue weighted by molar-refractivity contribution is 6.31. The van der Waals surface area contributed by atoms with Gasteiger partial charge in [0.1, 0.15) is 0 Å². The summed E-state index contributed by atoms with van der Waals surface area (Å²) in [5, 5.41) is 7.07. The number of nitrogens with one attached hydrogen (secondary N) is 2. The summed E-state index contributed by atoms with van der Waals surface area (Å²) in [6, 6.07) is 25.3. The van der Waals surface area contributed by atoms with Crippen LogP contribution in [0.2, 0.25) is 5.02 Å². The van der Waals surface area contributed by atoms with Gasteiger partial charge in [-0.1, -0.05) is 78.3 Å². The molecule has 0 aliphatic carbocycles. The maximum Gasteiger partial charge on any atom is 0.241 e. The lowest BCUT2D eigenvalue weighted by Gasteiger charge is -2.24. The Labute approximate surface area is 165 Å². The van der Waals surface area contributed by atoms with Gasteiger partial charge in [-0.05, 0) is 42.7 Å². The molecule has 0 saturated heterocycles. The van der Waals surface area contributed by atoms with Crippen LogP contribution in [0.25, 0.3) is 0 Å². The molecule has 0 saturated carbocycles. The molecular formula is C23H23ClN2O. The second kappa shape index (κ2) is 8.85. The lowest BCUT2D eigenvalue weighted by atomic mass is 9.98. The topological polar surface area (TPSA) is 41.1 Å². The number of halogens is 1. The third-order valence-electron chi connectivity index (χ3n) is 4.60. The van der Waals surface area contributed by atoms with Gasteiger partial charge >= 0.3 is 0 Å². The third-order valence-corrected chi connectivity index (χ3v) is 5.01. The van der Waals surface area contributed by atoms with Crippen LogP contribution in [-0.2, 0) is 4.79 Å². The predicted molar refractivity (Wildman–Crippen MR) is 112 cm³/mol. The summed E-state index contributed by atoms with van der Waals surface area (Å²) >= 11 is 6.15. The Bertz CT molecular complexity index is 857. The summed E-state index contributed by atoms with van der Waals surface area (Å²) in [5.41, 5.74) is 3.82. The molecule has 1 amide bonds. The number of benzene rings is 3. The van der Waals surface area contributed by atoms with Crippen LogP contribution in [0.3, 0.4) is 0 Å². The average molecular weight is 379 g/mol. The Morgan fingerprint density at radius 2 is 1.41 bits per heavy atom. The first kappa shape index (κ1) is 19.2. The molecule has 2 N–H and O–H groups in total. The molecule has 1 atom stereocenters. The van der Waals surface area contributed by atoms with Crippen LogP contribution in [0.4, 0.5) is 5.69 Å². The van der Waals surface area contributed by atoms with E-state index in [1.807, 2.05) is 68.4 Å². The summed E-state index contributed by atoms with van der Waals surface area (Å²) in [6.07, 6.45) is 0. The molecule has 0 heterocycles. The van der Waals surface area contributed by atoms with Gasteiger partial charge in [0.25, 0.3) is 0 Å². The van der Waals surface area contributed by atoms with E-state index in [1.54, 1.807) is 0 Å². The van der Waals surface area contributed by atoms with Crippen molar-refractivity contribution in [3.05, 3.63) is 101 Å². The van der Waals surface area contributed by atoms with Crippen molar-refractivity contribution in [3.63, 3.8) is 0 Å². The Balaban J connectivity index is 1.79. The van der Waals surface area contributed by atoms with Crippen molar-refractivity contribution in [1.82, 2.24) is 5.32 Å². The van der Waals surface area contributed by atoms with E-state index in [-0.39, 0.29) is 11.9 Å². The van der Waals surface area contributed by atoms with E-state index in [0.717, 1.165) is 22.4 Å². The van der Waals surface area contributed by atoms with E-state index < -0.39 is 6.04 Å². The number of carbonyl (C=O) groups excluding carboxylic acids is 1. The lowest BCUT2D eigenvalue weighted by Crippen LogP contribution is -2.40. The smallest absolute Gasteiger partial charge is 0.241 e. The first-order valence-corrected chi connectivity index (χ1v) is 9.36. The zero-order valence-corrected chi connectivity index (χ0v) is 16.2. The maximum absolute atomic E-state index is 12.8. The molecule has 0 radical (unpaired) electrons. The Kier molecular flexibility index (Phi) is 6.28. The van der Waals surface area contributed by atoms with Gasteiger partial charge in [0.05, 0.1) is 12.1 Å². The fraction of sp³-hybridized carbons (Fsp3) is 0.174. The molecule has 3 nitrogen and oxygen atoms in total. The molecule has 0 aliphatic heterocycles. The standard InChI is InChI=1S/C23H23ClN2O/c1-16-20(24)14-9-15-21(16)26-23(27)17(2)25-22(18-10-5-3-6-11-18)19-12-7-4-8-13-19/h3-15,17,22,25H,1-2H3,(H,26,27)/t17-/m1/s1. The minimum absolute atomic E-state index is 0.0754. The van der Waals surface area contributed by atoms with Crippen LogP contribution in [0.1, 0.15) is 29.7 Å². The van der Waals surface area contributed by atoms with Crippen molar-refractivity contribution in [2.75, 3.05) is 5.32 Å². The van der Waals surface area contributed by atoms with Crippen LogP contribution in [0.15, 0.2) is 78.9 Å². The molecule has 0 bridgehead atoms. The summed E-state index contributed by atoms with van der Waals surface area (Å²) in [6.45, 7) is 3.76. The number of anilines is 1. The summed E-state index contributed by atoms with van der Waals surface area (Å²) < 4.78 is 0. The molecular weight excluding hydrogens is 356 g/mol. The number of hydrogen-bond acceptors (Lipinski definition) is 2. The van der Waals surface area contributed by atoms with Gasteiger partial charge in [0.15, 0.2) is 0 Å². The Morgan fingerprint density at radius 1 is 0.852 bits per heavy atom.